The zero-order valence-electron chi connectivity index (χ0n) is 11.7. The van der Waals surface area contributed by atoms with Gasteiger partial charge in [0.2, 0.25) is 5.91 Å². The van der Waals surface area contributed by atoms with E-state index in [1.165, 1.54) is 0 Å². The Labute approximate surface area is 132 Å². The zero-order valence-corrected chi connectivity index (χ0v) is 13.3. The maximum Gasteiger partial charge on any atom is 0.235 e. The van der Waals surface area contributed by atoms with Crippen LogP contribution >= 0.6 is 15.9 Å². The third-order valence-electron chi connectivity index (χ3n) is 2.74. The molecule has 0 radical (unpaired) electrons. The molecule has 0 aliphatic heterocycles. The third kappa shape index (κ3) is 4.79. The van der Waals surface area contributed by atoms with E-state index >= 15 is 0 Å². The topological polar surface area (TPSA) is 50.4 Å². The summed E-state index contributed by atoms with van der Waals surface area (Å²) in [5.41, 5.74) is 2.71. The SMILES string of the molecule is CCOc1ccc(Nc2ccc(NC(=O)CBr)cc2)cc1. The van der Waals surface area contributed by atoms with Crippen LogP contribution in [0.4, 0.5) is 17.1 Å². The van der Waals surface area contributed by atoms with E-state index in [-0.39, 0.29) is 5.91 Å². The molecular weight excluding hydrogens is 332 g/mol. The molecule has 0 saturated heterocycles. The maximum atomic E-state index is 11.3. The Balaban J connectivity index is 1.97. The molecule has 0 aliphatic rings. The molecule has 0 unspecified atom stereocenters. The number of nitrogens with one attached hydrogen (secondary N) is 2. The number of benzene rings is 2. The van der Waals surface area contributed by atoms with Gasteiger partial charge in [0.1, 0.15) is 5.75 Å². The first kappa shape index (κ1) is 15.4. The summed E-state index contributed by atoms with van der Waals surface area (Å²) in [5.74, 6) is 0.790. The molecule has 0 spiro atoms. The fraction of sp³-hybridized carbons (Fsp3) is 0.188. The molecule has 0 aliphatic carbocycles. The fourth-order valence-corrected chi connectivity index (χ4v) is 1.94. The van der Waals surface area contributed by atoms with Crippen LogP contribution < -0.4 is 15.4 Å². The Hall–Kier alpha value is -2.01. The lowest BCUT2D eigenvalue weighted by Crippen LogP contribution is -2.11. The van der Waals surface area contributed by atoms with Gasteiger partial charge in [-0.3, -0.25) is 4.79 Å². The molecule has 0 heterocycles. The first-order valence-corrected chi connectivity index (χ1v) is 7.79. The average Bonchev–Trinajstić information content (AvgIpc) is 2.51. The van der Waals surface area contributed by atoms with Crippen molar-refractivity contribution in [3.8, 4) is 5.75 Å². The number of amides is 1. The van der Waals surface area contributed by atoms with Crippen molar-refractivity contribution in [3.63, 3.8) is 0 Å². The molecule has 2 N–H and O–H groups in total. The van der Waals surface area contributed by atoms with E-state index in [1.54, 1.807) is 0 Å². The molecule has 1 amide bonds. The number of hydrogen-bond donors (Lipinski definition) is 2. The minimum absolute atomic E-state index is 0.0674. The highest BCUT2D eigenvalue weighted by molar-refractivity contribution is 9.09. The van der Waals surface area contributed by atoms with Gasteiger partial charge in [-0.05, 0) is 55.5 Å². The number of halogens is 1. The van der Waals surface area contributed by atoms with Gasteiger partial charge in [0.05, 0.1) is 11.9 Å². The fourth-order valence-electron chi connectivity index (χ4n) is 1.80. The van der Waals surface area contributed by atoms with Crippen molar-refractivity contribution in [3.05, 3.63) is 48.5 Å². The summed E-state index contributed by atoms with van der Waals surface area (Å²) in [6.45, 7) is 2.62. The summed E-state index contributed by atoms with van der Waals surface area (Å²) < 4.78 is 5.40. The Morgan fingerprint density at radius 3 is 2.05 bits per heavy atom. The van der Waals surface area contributed by atoms with Gasteiger partial charge in [0, 0.05) is 17.1 Å². The number of carbonyl (C=O) groups is 1. The first-order chi connectivity index (χ1) is 10.2. The molecular formula is C16H17BrN2O2. The van der Waals surface area contributed by atoms with E-state index < -0.39 is 0 Å². The predicted molar refractivity (Wildman–Crippen MR) is 89.8 cm³/mol. The van der Waals surface area contributed by atoms with Gasteiger partial charge in [-0.2, -0.15) is 0 Å². The van der Waals surface area contributed by atoms with Crippen molar-refractivity contribution >= 4 is 38.9 Å². The Bertz CT molecular complexity index is 582. The van der Waals surface area contributed by atoms with E-state index in [4.69, 9.17) is 4.74 Å². The lowest BCUT2D eigenvalue weighted by molar-refractivity contribution is -0.113. The number of rotatable bonds is 6. The molecule has 2 aromatic rings. The van der Waals surface area contributed by atoms with Gasteiger partial charge < -0.3 is 15.4 Å². The van der Waals surface area contributed by atoms with Crippen LogP contribution in [0, 0.1) is 0 Å². The van der Waals surface area contributed by atoms with E-state index in [2.05, 4.69) is 26.6 Å². The van der Waals surface area contributed by atoms with Crippen molar-refractivity contribution < 1.29 is 9.53 Å². The molecule has 0 saturated carbocycles. The van der Waals surface area contributed by atoms with Crippen molar-refractivity contribution in [2.45, 2.75) is 6.92 Å². The minimum Gasteiger partial charge on any atom is -0.494 e. The van der Waals surface area contributed by atoms with Gasteiger partial charge >= 0.3 is 0 Å². The van der Waals surface area contributed by atoms with Crippen LogP contribution in [0.1, 0.15) is 6.92 Å². The molecule has 0 bridgehead atoms. The van der Waals surface area contributed by atoms with Gasteiger partial charge in [0.25, 0.3) is 0 Å². The summed E-state index contributed by atoms with van der Waals surface area (Å²) in [4.78, 5) is 11.3. The second-order valence-electron chi connectivity index (χ2n) is 4.34. The molecule has 21 heavy (non-hydrogen) atoms. The molecule has 2 aromatic carbocycles. The van der Waals surface area contributed by atoms with Crippen LogP contribution in [0.3, 0.4) is 0 Å². The van der Waals surface area contributed by atoms with Crippen LogP contribution in [0.2, 0.25) is 0 Å². The maximum absolute atomic E-state index is 11.3. The van der Waals surface area contributed by atoms with E-state index in [9.17, 15) is 4.79 Å². The highest BCUT2D eigenvalue weighted by atomic mass is 79.9. The summed E-state index contributed by atoms with van der Waals surface area (Å²) in [6, 6.07) is 15.3. The molecule has 0 aromatic heterocycles. The first-order valence-electron chi connectivity index (χ1n) is 6.67. The van der Waals surface area contributed by atoms with Crippen LogP contribution in [0.25, 0.3) is 0 Å². The smallest absolute Gasteiger partial charge is 0.235 e. The lowest BCUT2D eigenvalue weighted by atomic mass is 10.2. The average molecular weight is 349 g/mol. The van der Waals surface area contributed by atoms with Crippen molar-refractivity contribution in [1.29, 1.82) is 0 Å². The van der Waals surface area contributed by atoms with Crippen LogP contribution in [0.15, 0.2) is 48.5 Å². The number of ether oxygens (including phenoxy) is 1. The molecule has 0 fully saturated rings. The number of hydrogen-bond acceptors (Lipinski definition) is 3. The van der Waals surface area contributed by atoms with Gasteiger partial charge in [-0.1, -0.05) is 15.9 Å². The zero-order chi connectivity index (χ0) is 15.1. The molecule has 110 valence electrons. The van der Waals surface area contributed by atoms with Crippen molar-refractivity contribution in [1.82, 2.24) is 0 Å². The van der Waals surface area contributed by atoms with Crippen LogP contribution in [-0.2, 0) is 4.79 Å². The number of alkyl halides is 1. The minimum atomic E-state index is -0.0674. The number of carbonyl (C=O) groups excluding carboxylic acids is 1. The van der Waals surface area contributed by atoms with Crippen LogP contribution in [-0.4, -0.2) is 17.8 Å². The van der Waals surface area contributed by atoms with Gasteiger partial charge in [-0.25, -0.2) is 0 Å². The molecule has 2 rings (SSSR count). The van der Waals surface area contributed by atoms with Crippen molar-refractivity contribution in [2.75, 3.05) is 22.6 Å². The summed E-state index contributed by atoms with van der Waals surface area (Å²) in [5, 5.41) is 6.36. The Kier molecular flexibility index (Phi) is 5.63. The third-order valence-corrected chi connectivity index (χ3v) is 3.25. The van der Waals surface area contributed by atoms with E-state index in [1.807, 2.05) is 55.5 Å². The number of anilines is 3. The summed E-state index contributed by atoms with van der Waals surface area (Å²) in [7, 11) is 0. The molecule has 4 nitrogen and oxygen atoms in total. The second-order valence-corrected chi connectivity index (χ2v) is 4.90. The van der Waals surface area contributed by atoms with Gasteiger partial charge in [0.15, 0.2) is 0 Å². The predicted octanol–water partition coefficient (Wildman–Crippen LogP) is 4.16. The Morgan fingerprint density at radius 2 is 1.52 bits per heavy atom. The quantitative estimate of drug-likeness (QED) is 0.770. The normalized spacial score (nSPS) is 10.0. The Morgan fingerprint density at radius 1 is 1.00 bits per heavy atom. The molecule has 0 atom stereocenters. The van der Waals surface area contributed by atoms with Crippen LogP contribution in [0.5, 0.6) is 5.75 Å². The highest BCUT2D eigenvalue weighted by Crippen LogP contribution is 2.21. The summed E-state index contributed by atoms with van der Waals surface area (Å²) in [6.07, 6.45) is 0. The monoisotopic (exact) mass is 348 g/mol. The van der Waals surface area contributed by atoms with Crippen molar-refractivity contribution in [2.24, 2.45) is 0 Å². The van der Waals surface area contributed by atoms with E-state index in [0.29, 0.717) is 11.9 Å². The van der Waals surface area contributed by atoms with Gasteiger partial charge in [-0.15, -0.1) is 0 Å². The second kappa shape index (κ2) is 7.69. The molecule has 5 heteroatoms. The lowest BCUT2D eigenvalue weighted by Gasteiger charge is -2.09. The summed E-state index contributed by atoms with van der Waals surface area (Å²) >= 11 is 3.11. The van der Waals surface area contributed by atoms with E-state index in [0.717, 1.165) is 22.8 Å². The standard InChI is InChI=1S/C16H17BrN2O2/c1-2-21-15-9-7-13(8-10-15)18-12-3-5-14(6-4-12)19-16(20)11-17/h3-10,18H,2,11H2,1H3,(H,19,20). The largest absolute Gasteiger partial charge is 0.494 e. The highest BCUT2D eigenvalue weighted by Gasteiger charge is 2.00.